The molecule has 4 aromatic rings. The third kappa shape index (κ3) is 5.98. The summed E-state index contributed by atoms with van der Waals surface area (Å²) in [6.07, 6.45) is 3.99. The van der Waals surface area contributed by atoms with Crippen LogP contribution < -0.4 is 10.2 Å². The molecule has 9 nitrogen and oxygen atoms in total. The first-order valence-electron chi connectivity index (χ1n) is 16.1. The maximum Gasteiger partial charge on any atom is 0.307 e. The Kier molecular flexibility index (Phi) is 8.47. The predicted molar refractivity (Wildman–Crippen MR) is 178 cm³/mol. The van der Waals surface area contributed by atoms with Gasteiger partial charge < -0.3 is 24.8 Å². The van der Waals surface area contributed by atoms with Crippen LogP contribution in [0.3, 0.4) is 0 Å². The summed E-state index contributed by atoms with van der Waals surface area (Å²) in [7, 11) is 0. The summed E-state index contributed by atoms with van der Waals surface area (Å²) in [6.45, 7) is 5.42. The van der Waals surface area contributed by atoms with Gasteiger partial charge in [-0.15, -0.1) is 0 Å². The highest BCUT2D eigenvalue weighted by Crippen LogP contribution is 2.45. The fourth-order valence-corrected chi connectivity index (χ4v) is 7.68. The van der Waals surface area contributed by atoms with Gasteiger partial charge in [0.2, 0.25) is 5.89 Å². The van der Waals surface area contributed by atoms with Crippen LogP contribution in [0.25, 0.3) is 33.7 Å². The maximum absolute atomic E-state index is 11.5. The Bertz CT molecular complexity index is 1800. The Morgan fingerprint density at radius 2 is 1.87 bits per heavy atom. The number of piperidine rings is 1. The molecule has 1 aromatic heterocycles. The molecule has 3 heterocycles. The zero-order valence-electron chi connectivity index (χ0n) is 25.9. The number of rotatable bonds is 8. The Hall–Kier alpha value is -3.94. The molecule has 3 aromatic carbocycles. The Labute approximate surface area is 273 Å². The predicted octanol–water partition coefficient (Wildman–Crippen LogP) is 5.98. The molecular formula is C36H38ClN5O4. The number of aliphatic carboxylic acids is 1. The number of carbonyl (C=O) groups is 1. The van der Waals surface area contributed by atoms with E-state index in [-0.39, 0.29) is 12.0 Å². The summed E-state index contributed by atoms with van der Waals surface area (Å²) < 4.78 is 6.47. The van der Waals surface area contributed by atoms with Gasteiger partial charge in [-0.2, -0.15) is 5.26 Å². The number of aliphatic hydroxyl groups is 1. The molecule has 0 amide bonds. The van der Waals surface area contributed by atoms with Crippen molar-refractivity contribution in [1.82, 2.24) is 15.2 Å². The molecule has 0 spiro atoms. The third-order valence-corrected chi connectivity index (χ3v) is 10.2. The minimum absolute atomic E-state index is 0.177. The Morgan fingerprint density at radius 3 is 2.54 bits per heavy atom. The van der Waals surface area contributed by atoms with Crippen LogP contribution in [-0.2, 0) is 11.3 Å². The lowest BCUT2D eigenvalue weighted by Gasteiger charge is -2.40. The van der Waals surface area contributed by atoms with E-state index in [1.807, 2.05) is 36.4 Å². The highest BCUT2D eigenvalue weighted by Gasteiger charge is 2.33. The highest BCUT2D eigenvalue weighted by atomic mass is 35.5. The first-order chi connectivity index (χ1) is 22.3. The van der Waals surface area contributed by atoms with Crippen molar-refractivity contribution in [2.24, 2.45) is 5.92 Å². The largest absolute Gasteiger partial charge is 0.481 e. The van der Waals surface area contributed by atoms with Crippen LogP contribution >= 0.6 is 11.6 Å². The first kappa shape index (κ1) is 30.7. The molecule has 10 heteroatoms. The van der Waals surface area contributed by atoms with Crippen molar-refractivity contribution < 1.29 is 19.4 Å². The van der Waals surface area contributed by atoms with Gasteiger partial charge in [-0.3, -0.25) is 9.69 Å². The molecule has 1 aliphatic carbocycles. The number of nitriles is 1. The van der Waals surface area contributed by atoms with Crippen LogP contribution in [0.15, 0.2) is 52.9 Å². The molecule has 238 valence electrons. The lowest BCUT2D eigenvalue weighted by molar-refractivity contribution is -0.141. The zero-order valence-corrected chi connectivity index (χ0v) is 26.6. The number of carboxylic acids is 1. The SMILES string of the molecule is Cc1c(-c2ccccc2)cc(Cl)c(N2CCC(NC3CC(O)C3)CC2)c1-c1nc2cc(CN3CC[C@@H](C(=O)O)C3)cc(C#N)c2o1. The number of hydrogen-bond acceptors (Lipinski definition) is 8. The van der Waals surface area contributed by atoms with Gasteiger partial charge >= 0.3 is 5.97 Å². The quantitative estimate of drug-likeness (QED) is 0.213. The number of halogens is 1. The molecular weight excluding hydrogens is 602 g/mol. The summed E-state index contributed by atoms with van der Waals surface area (Å²) in [4.78, 5) is 20.9. The highest BCUT2D eigenvalue weighted by molar-refractivity contribution is 6.34. The van der Waals surface area contributed by atoms with Gasteiger partial charge in [0.15, 0.2) is 5.58 Å². The van der Waals surface area contributed by atoms with E-state index in [1.165, 1.54) is 0 Å². The second kappa shape index (κ2) is 12.7. The number of fused-ring (bicyclic) bond motifs is 1. The van der Waals surface area contributed by atoms with E-state index < -0.39 is 5.97 Å². The van der Waals surface area contributed by atoms with Gasteiger partial charge in [0.25, 0.3) is 0 Å². The van der Waals surface area contributed by atoms with E-state index in [0.29, 0.717) is 65.7 Å². The van der Waals surface area contributed by atoms with E-state index in [2.05, 4.69) is 40.2 Å². The van der Waals surface area contributed by atoms with E-state index in [4.69, 9.17) is 21.0 Å². The van der Waals surface area contributed by atoms with Crippen molar-refractivity contribution in [3.63, 3.8) is 0 Å². The number of oxazole rings is 1. The van der Waals surface area contributed by atoms with Crippen LogP contribution in [0.1, 0.15) is 48.8 Å². The van der Waals surface area contributed by atoms with Crippen LogP contribution in [0.4, 0.5) is 5.69 Å². The molecule has 46 heavy (non-hydrogen) atoms. The van der Waals surface area contributed by atoms with Crippen LogP contribution in [-0.4, -0.2) is 70.4 Å². The number of aliphatic hydroxyl groups excluding tert-OH is 1. The molecule has 3 aliphatic rings. The van der Waals surface area contributed by atoms with E-state index >= 15 is 0 Å². The average Bonchev–Trinajstić information content (AvgIpc) is 3.69. The lowest BCUT2D eigenvalue weighted by atomic mass is 9.88. The molecule has 3 N–H and O–H groups in total. The monoisotopic (exact) mass is 639 g/mol. The Balaban J connectivity index is 1.25. The standard InChI is InChI=1S/C36H38ClN5O4/c1-21-29(23-5-3-2-4-6-23)17-30(37)33(42-11-8-26(9-12-42)39-27-15-28(43)16-27)32(21)35-40-31-14-22(13-25(18-38)34(31)46-35)19-41-10-7-24(20-41)36(44)45/h2-6,13-14,17,24,26-28,39,43H,7-12,15-16,19-20H2,1H3,(H,44,45)/t24-,27?,28?/m1/s1. The van der Waals surface area contributed by atoms with Gasteiger partial charge in [0.1, 0.15) is 11.6 Å². The van der Waals surface area contributed by atoms with E-state index in [1.54, 1.807) is 0 Å². The van der Waals surface area contributed by atoms with Gasteiger partial charge in [-0.05, 0) is 86.0 Å². The minimum Gasteiger partial charge on any atom is -0.481 e. The smallest absolute Gasteiger partial charge is 0.307 e. The summed E-state index contributed by atoms with van der Waals surface area (Å²) in [6, 6.07) is 19.0. The molecule has 3 fully saturated rings. The number of nitrogens with one attached hydrogen (secondary N) is 1. The van der Waals surface area contributed by atoms with Crippen LogP contribution in [0.2, 0.25) is 5.02 Å². The van der Waals surface area contributed by atoms with Gasteiger partial charge in [0, 0.05) is 38.3 Å². The summed E-state index contributed by atoms with van der Waals surface area (Å²) in [5.74, 6) is -0.711. The van der Waals surface area contributed by atoms with Crippen molar-refractivity contribution in [1.29, 1.82) is 5.26 Å². The summed E-state index contributed by atoms with van der Waals surface area (Å²) in [5.41, 5.74) is 7.07. The number of nitrogens with zero attached hydrogens (tertiary/aromatic N) is 4. The topological polar surface area (TPSA) is 126 Å². The van der Waals surface area contributed by atoms with Crippen molar-refractivity contribution in [2.45, 2.75) is 63.8 Å². The average molecular weight is 640 g/mol. The number of benzene rings is 3. The fraction of sp³-hybridized carbons (Fsp3) is 0.417. The number of hydrogen-bond donors (Lipinski definition) is 3. The van der Waals surface area contributed by atoms with Gasteiger partial charge in [-0.1, -0.05) is 41.9 Å². The van der Waals surface area contributed by atoms with Crippen molar-refractivity contribution >= 4 is 34.4 Å². The van der Waals surface area contributed by atoms with Crippen LogP contribution in [0, 0.1) is 24.2 Å². The maximum atomic E-state index is 11.5. The molecule has 0 bridgehead atoms. The second-order valence-electron chi connectivity index (χ2n) is 13.1. The van der Waals surface area contributed by atoms with Crippen LogP contribution in [0.5, 0.6) is 0 Å². The van der Waals surface area contributed by atoms with E-state index in [0.717, 1.165) is 72.3 Å². The normalized spacial score (nSPS) is 22.2. The zero-order chi connectivity index (χ0) is 31.9. The number of likely N-dealkylation sites (tertiary alicyclic amines) is 1. The second-order valence-corrected chi connectivity index (χ2v) is 13.5. The third-order valence-electron chi connectivity index (χ3n) is 9.91. The number of aromatic nitrogens is 1. The molecule has 7 rings (SSSR count). The van der Waals surface area contributed by atoms with Crippen molar-refractivity contribution in [2.75, 3.05) is 31.1 Å². The summed E-state index contributed by atoms with van der Waals surface area (Å²) in [5, 5.41) is 33.6. The lowest BCUT2D eigenvalue weighted by Crippen LogP contribution is -2.52. The van der Waals surface area contributed by atoms with Crippen molar-refractivity contribution in [3.05, 3.63) is 70.2 Å². The van der Waals surface area contributed by atoms with E-state index in [9.17, 15) is 20.3 Å². The number of carboxylic acid groups (broad SMARTS) is 1. The Morgan fingerprint density at radius 1 is 1.11 bits per heavy atom. The minimum atomic E-state index is -0.766. The van der Waals surface area contributed by atoms with Crippen molar-refractivity contribution in [3.8, 4) is 28.7 Å². The molecule has 1 saturated carbocycles. The molecule has 1 atom stereocenters. The summed E-state index contributed by atoms with van der Waals surface area (Å²) >= 11 is 7.17. The van der Waals surface area contributed by atoms with Gasteiger partial charge in [-0.25, -0.2) is 4.98 Å². The fourth-order valence-electron chi connectivity index (χ4n) is 7.36. The molecule has 0 unspecified atom stereocenters. The molecule has 0 radical (unpaired) electrons. The van der Waals surface area contributed by atoms with Gasteiger partial charge in [0.05, 0.1) is 33.9 Å². The molecule has 2 saturated heterocycles. The number of anilines is 1. The first-order valence-corrected chi connectivity index (χ1v) is 16.5. The molecule has 2 aliphatic heterocycles.